The van der Waals surface area contributed by atoms with E-state index in [0.29, 0.717) is 16.6 Å². The summed E-state index contributed by atoms with van der Waals surface area (Å²) in [5.41, 5.74) is 0.945. The van der Waals surface area contributed by atoms with E-state index >= 15 is 0 Å². The summed E-state index contributed by atoms with van der Waals surface area (Å²) in [6, 6.07) is 5.05. The van der Waals surface area contributed by atoms with E-state index < -0.39 is 5.97 Å². The van der Waals surface area contributed by atoms with E-state index in [4.69, 9.17) is 11.6 Å². The molecule has 1 aromatic carbocycles. The lowest BCUT2D eigenvalue weighted by Gasteiger charge is -2.37. The molecule has 1 N–H and O–H groups in total. The third-order valence-electron chi connectivity index (χ3n) is 3.53. The van der Waals surface area contributed by atoms with Gasteiger partial charge < -0.3 is 10.0 Å². The van der Waals surface area contributed by atoms with Crippen LogP contribution in [0.5, 0.6) is 0 Å². The van der Waals surface area contributed by atoms with Crippen LogP contribution < -0.4 is 4.90 Å². The van der Waals surface area contributed by atoms with Gasteiger partial charge in [0.25, 0.3) is 0 Å². The molecule has 0 bridgehead atoms. The lowest BCUT2D eigenvalue weighted by atomic mass is 10.1. The second-order valence-electron chi connectivity index (χ2n) is 5.62. The highest BCUT2D eigenvalue weighted by atomic mass is 35.5. The van der Waals surface area contributed by atoms with Crippen LogP contribution >= 0.6 is 11.6 Å². The fourth-order valence-electron chi connectivity index (χ4n) is 2.68. The molecular weight excluding hydrogens is 276 g/mol. The van der Waals surface area contributed by atoms with Crippen LogP contribution in [0.1, 0.15) is 24.2 Å². The van der Waals surface area contributed by atoms with Crippen molar-refractivity contribution in [3.05, 3.63) is 28.8 Å². The summed E-state index contributed by atoms with van der Waals surface area (Å²) in [6.07, 6.45) is 0. The second-order valence-corrected chi connectivity index (χ2v) is 6.03. The highest BCUT2D eigenvalue weighted by Crippen LogP contribution is 2.30. The minimum atomic E-state index is -0.924. The summed E-state index contributed by atoms with van der Waals surface area (Å²) < 4.78 is 0. The number of piperazine rings is 1. The number of carboxylic acids is 1. The van der Waals surface area contributed by atoms with Gasteiger partial charge in [0.15, 0.2) is 0 Å². The average molecular weight is 297 g/mol. The number of halogens is 1. The van der Waals surface area contributed by atoms with Crippen molar-refractivity contribution in [2.45, 2.75) is 13.8 Å². The van der Waals surface area contributed by atoms with E-state index in [0.717, 1.165) is 32.7 Å². The van der Waals surface area contributed by atoms with Gasteiger partial charge in [0.05, 0.1) is 16.3 Å². The Morgan fingerprint density at radius 2 is 1.95 bits per heavy atom. The van der Waals surface area contributed by atoms with Crippen molar-refractivity contribution in [2.24, 2.45) is 5.92 Å². The maximum Gasteiger partial charge on any atom is 0.337 e. The minimum Gasteiger partial charge on any atom is -0.478 e. The molecule has 0 unspecified atom stereocenters. The van der Waals surface area contributed by atoms with E-state index in [9.17, 15) is 9.90 Å². The number of aromatic carboxylic acids is 1. The van der Waals surface area contributed by atoms with Crippen LogP contribution in [0.25, 0.3) is 0 Å². The Labute approximate surface area is 124 Å². The molecule has 1 aliphatic heterocycles. The molecule has 1 saturated heterocycles. The molecule has 0 aromatic heterocycles. The number of hydrogen-bond donors (Lipinski definition) is 1. The van der Waals surface area contributed by atoms with Crippen LogP contribution in [0.2, 0.25) is 5.02 Å². The normalized spacial score (nSPS) is 16.7. The molecule has 1 aliphatic rings. The molecular formula is C15H21ClN2O2. The van der Waals surface area contributed by atoms with Gasteiger partial charge in [0, 0.05) is 32.7 Å². The van der Waals surface area contributed by atoms with Gasteiger partial charge in [-0.3, -0.25) is 4.90 Å². The zero-order chi connectivity index (χ0) is 14.7. The topological polar surface area (TPSA) is 43.8 Å². The Bertz CT molecular complexity index is 483. The van der Waals surface area contributed by atoms with Gasteiger partial charge in [-0.25, -0.2) is 4.79 Å². The van der Waals surface area contributed by atoms with Crippen molar-refractivity contribution in [3.8, 4) is 0 Å². The van der Waals surface area contributed by atoms with E-state index in [2.05, 4.69) is 23.6 Å². The molecule has 0 spiro atoms. The van der Waals surface area contributed by atoms with Crippen molar-refractivity contribution in [2.75, 3.05) is 37.6 Å². The highest BCUT2D eigenvalue weighted by Gasteiger charge is 2.23. The molecule has 1 aromatic rings. The van der Waals surface area contributed by atoms with Gasteiger partial charge in [-0.05, 0) is 18.1 Å². The molecule has 5 heteroatoms. The zero-order valence-electron chi connectivity index (χ0n) is 12.0. The number of carbonyl (C=O) groups is 1. The van der Waals surface area contributed by atoms with Crippen LogP contribution in [0.15, 0.2) is 18.2 Å². The van der Waals surface area contributed by atoms with Crippen molar-refractivity contribution in [1.82, 2.24) is 4.90 Å². The maximum absolute atomic E-state index is 11.3. The lowest BCUT2D eigenvalue weighted by Crippen LogP contribution is -2.47. The van der Waals surface area contributed by atoms with Crippen molar-refractivity contribution in [3.63, 3.8) is 0 Å². The highest BCUT2D eigenvalue weighted by molar-refractivity contribution is 6.34. The first-order chi connectivity index (χ1) is 9.49. The molecule has 2 rings (SSSR count). The molecule has 0 aliphatic carbocycles. The van der Waals surface area contributed by atoms with E-state index in [1.165, 1.54) is 0 Å². The first kappa shape index (κ1) is 15.1. The molecule has 1 fully saturated rings. The molecule has 0 atom stereocenters. The Morgan fingerprint density at radius 3 is 2.50 bits per heavy atom. The Morgan fingerprint density at radius 1 is 1.30 bits per heavy atom. The number of rotatable bonds is 4. The van der Waals surface area contributed by atoms with Gasteiger partial charge in [-0.1, -0.05) is 31.5 Å². The molecule has 1 heterocycles. The molecule has 0 saturated carbocycles. The van der Waals surface area contributed by atoms with Crippen LogP contribution in [0, 0.1) is 5.92 Å². The third kappa shape index (κ3) is 3.44. The zero-order valence-corrected chi connectivity index (χ0v) is 12.7. The third-order valence-corrected chi connectivity index (χ3v) is 3.83. The smallest absolute Gasteiger partial charge is 0.337 e. The Hall–Kier alpha value is -1.26. The predicted molar refractivity (Wildman–Crippen MR) is 81.9 cm³/mol. The first-order valence-corrected chi connectivity index (χ1v) is 7.36. The predicted octanol–water partition coefficient (Wildman–Crippen LogP) is 2.82. The van der Waals surface area contributed by atoms with Crippen LogP contribution in [-0.2, 0) is 0 Å². The van der Waals surface area contributed by atoms with E-state index in [-0.39, 0.29) is 5.56 Å². The fraction of sp³-hybridized carbons (Fsp3) is 0.533. The molecule has 0 radical (unpaired) electrons. The SMILES string of the molecule is CC(C)CN1CCN(c2c(Cl)cccc2C(=O)O)CC1. The molecule has 4 nitrogen and oxygen atoms in total. The van der Waals surface area contributed by atoms with Crippen molar-refractivity contribution in [1.29, 1.82) is 0 Å². The number of carboxylic acid groups (broad SMARTS) is 1. The summed E-state index contributed by atoms with van der Waals surface area (Å²) in [5, 5.41) is 9.81. The number of hydrogen-bond acceptors (Lipinski definition) is 3. The maximum atomic E-state index is 11.3. The monoisotopic (exact) mass is 296 g/mol. The summed E-state index contributed by atoms with van der Waals surface area (Å²) in [6.45, 7) is 9.03. The molecule has 20 heavy (non-hydrogen) atoms. The number of para-hydroxylation sites is 1. The Kier molecular flexibility index (Phi) is 4.89. The largest absolute Gasteiger partial charge is 0.478 e. The number of anilines is 1. The van der Waals surface area contributed by atoms with Gasteiger partial charge in [-0.15, -0.1) is 0 Å². The van der Waals surface area contributed by atoms with Crippen molar-refractivity contribution >= 4 is 23.3 Å². The van der Waals surface area contributed by atoms with Crippen LogP contribution in [0.3, 0.4) is 0 Å². The summed E-state index contributed by atoms with van der Waals surface area (Å²) in [7, 11) is 0. The van der Waals surface area contributed by atoms with Gasteiger partial charge in [0.1, 0.15) is 0 Å². The number of benzene rings is 1. The van der Waals surface area contributed by atoms with Crippen LogP contribution in [-0.4, -0.2) is 48.7 Å². The van der Waals surface area contributed by atoms with E-state index in [1.54, 1.807) is 18.2 Å². The van der Waals surface area contributed by atoms with Crippen LogP contribution in [0.4, 0.5) is 5.69 Å². The second kappa shape index (κ2) is 6.46. The molecule has 0 amide bonds. The fourth-order valence-corrected chi connectivity index (χ4v) is 2.97. The number of nitrogens with zero attached hydrogens (tertiary/aromatic N) is 2. The van der Waals surface area contributed by atoms with Gasteiger partial charge in [0.2, 0.25) is 0 Å². The van der Waals surface area contributed by atoms with Crippen molar-refractivity contribution < 1.29 is 9.90 Å². The quantitative estimate of drug-likeness (QED) is 0.928. The Balaban J connectivity index is 2.13. The molecule has 110 valence electrons. The average Bonchev–Trinajstić information content (AvgIpc) is 2.39. The summed E-state index contributed by atoms with van der Waals surface area (Å²) >= 11 is 6.21. The lowest BCUT2D eigenvalue weighted by molar-refractivity contribution is 0.0697. The minimum absolute atomic E-state index is 0.287. The standard InChI is InChI=1S/C15H21ClN2O2/c1-11(2)10-17-6-8-18(9-7-17)14-12(15(19)20)4-3-5-13(14)16/h3-5,11H,6-10H2,1-2H3,(H,19,20). The van der Waals surface area contributed by atoms with Gasteiger partial charge in [-0.2, -0.15) is 0 Å². The summed E-state index contributed by atoms with van der Waals surface area (Å²) in [4.78, 5) is 15.8. The first-order valence-electron chi connectivity index (χ1n) is 6.98. The van der Waals surface area contributed by atoms with Gasteiger partial charge >= 0.3 is 5.97 Å². The van der Waals surface area contributed by atoms with E-state index in [1.807, 2.05) is 0 Å². The summed E-state index contributed by atoms with van der Waals surface area (Å²) in [5.74, 6) is -0.274.